The molecule has 3 rings (SSSR count). The van der Waals surface area contributed by atoms with Crippen molar-refractivity contribution in [3.8, 4) is 0 Å². The van der Waals surface area contributed by atoms with Crippen LogP contribution in [0.3, 0.4) is 0 Å². The van der Waals surface area contributed by atoms with Crippen LogP contribution in [0.4, 0.5) is 5.82 Å². The van der Waals surface area contributed by atoms with Crippen LogP contribution in [0.5, 0.6) is 0 Å². The zero-order valence-electron chi connectivity index (χ0n) is 14.5. The number of rotatable bonds is 5. The van der Waals surface area contributed by atoms with Crippen LogP contribution in [0.1, 0.15) is 51.0 Å². The Balaban J connectivity index is 1.54. The molecule has 1 aromatic rings. The summed E-state index contributed by atoms with van der Waals surface area (Å²) in [5.74, 6) is 1.90. The molecule has 128 valence electrons. The van der Waals surface area contributed by atoms with E-state index in [-0.39, 0.29) is 0 Å². The standard InChI is InChI=1S/C19H31N3O/c1-16(18-7-12-23-13-8-18)21-15-17-6-9-20-19(14-17)22-10-4-2-3-5-11-22/h6,9,14,16,18,21H,2-5,7-8,10-13,15H2,1H3/t16-/m0/s1. The SMILES string of the molecule is C[C@H](NCc1ccnc(N2CCCCCC2)c1)C1CCOCC1. The third kappa shape index (κ3) is 4.92. The molecule has 0 unspecified atom stereocenters. The highest BCUT2D eigenvalue weighted by Gasteiger charge is 2.20. The van der Waals surface area contributed by atoms with Crippen LogP contribution in [0.15, 0.2) is 18.3 Å². The second-order valence-corrected chi connectivity index (χ2v) is 7.04. The van der Waals surface area contributed by atoms with Crippen molar-refractivity contribution in [2.45, 2.75) is 58.0 Å². The van der Waals surface area contributed by atoms with Crippen molar-refractivity contribution in [3.05, 3.63) is 23.9 Å². The normalized spacial score (nSPS) is 21.9. The minimum Gasteiger partial charge on any atom is -0.381 e. The molecular formula is C19H31N3O. The monoisotopic (exact) mass is 317 g/mol. The average Bonchev–Trinajstić information content (AvgIpc) is 2.90. The van der Waals surface area contributed by atoms with Crippen molar-refractivity contribution >= 4 is 5.82 Å². The molecule has 1 aromatic heterocycles. The summed E-state index contributed by atoms with van der Waals surface area (Å²) in [7, 11) is 0. The summed E-state index contributed by atoms with van der Waals surface area (Å²) in [6.07, 6.45) is 9.65. The molecule has 4 heteroatoms. The Morgan fingerprint density at radius 1 is 1.22 bits per heavy atom. The molecule has 3 heterocycles. The minimum absolute atomic E-state index is 0.550. The zero-order valence-corrected chi connectivity index (χ0v) is 14.5. The topological polar surface area (TPSA) is 37.4 Å². The predicted octanol–water partition coefficient (Wildman–Crippen LogP) is 3.37. The Morgan fingerprint density at radius 2 is 1.96 bits per heavy atom. The highest BCUT2D eigenvalue weighted by atomic mass is 16.5. The second-order valence-electron chi connectivity index (χ2n) is 7.04. The highest BCUT2D eigenvalue weighted by Crippen LogP contribution is 2.20. The lowest BCUT2D eigenvalue weighted by Gasteiger charge is -2.28. The van der Waals surface area contributed by atoms with Crippen LogP contribution in [0.25, 0.3) is 0 Å². The van der Waals surface area contributed by atoms with E-state index < -0.39 is 0 Å². The van der Waals surface area contributed by atoms with Crippen LogP contribution in [0.2, 0.25) is 0 Å². The van der Waals surface area contributed by atoms with Crippen LogP contribution in [0, 0.1) is 5.92 Å². The number of hydrogen-bond donors (Lipinski definition) is 1. The fourth-order valence-corrected chi connectivity index (χ4v) is 3.70. The first kappa shape index (κ1) is 16.7. The summed E-state index contributed by atoms with van der Waals surface area (Å²) in [5, 5.41) is 3.71. The van der Waals surface area contributed by atoms with Crippen LogP contribution < -0.4 is 10.2 Å². The average molecular weight is 317 g/mol. The molecule has 0 bridgehead atoms. The van der Waals surface area contributed by atoms with E-state index >= 15 is 0 Å². The van der Waals surface area contributed by atoms with Gasteiger partial charge in [-0.25, -0.2) is 4.98 Å². The Hall–Kier alpha value is -1.13. The molecule has 2 aliphatic rings. The van der Waals surface area contributed by atoms with Crippen molar-refractivity contribution in [1.29, 1.82) is 0 Å². The molecule has 1 N–H and O–H groups in total. The first-order chi connectivity index (χ1) is 11.3. The maximum atomic E-state index is 5.46. The van der Waals surface area contributed by atoms with Crippen molar-refractivity contribution in [3.63, 3.8) is 0 Å². The number of anilines is 1. The van der Waals surface area contributed by atoms with E-state index in [1.807, 2.05) is 6.20 Å². The summed E-state index contributed by atoms with van der Waals surface area (Å²) in [4.78, 5) is 7.06. The van der Waals surface area contributed by atoms with Gasteiger partial charge in [0.05, 0.1) is 0 Å². The Labute approximate surface area is 140 Å². The van der Waals surface area contributed by atoms with Gasteiger partial charge in [-0.1, -0.05) is 12.8 Å². The highest BCUT2D eigenvalue weighted by molar-refractivity contribution is 5.41. The molecule has 0 aromatic carbocycles. The molecule has 2 saturated heterocycles. The Morgan fingerprint density at radius 3 is 2.70 bits per heavy atom. The fraction of sp³-hybridized carbons (Fsp3) is 0.737. The third-order valence-electron chi connectivity index (χ3n) is 5.34. The molecule has 0 spiro atoms. The summed E-state index contributed by atoms with van der Waals surface area (Å²) in [6, 6.07) is 4.97. The molecule has 2 aliphatic heterocycles. The van der Waals surface area contributed by atoms with E-state index in [4.69, 9.17) is 4.74 Å². The first-order valence-electron chi connectivity index (χ1n) is 9.34. The maximum absolute atomic E-state index is 5.46. The van der Waals surface area contributed by atoms with Gasteiger partial charge in [0, 0.05) is 45.1 Å². The number of nitrogens with one attached hydrogen (secondary N) is 1. The van der Waals surface area contributed by atoms with Crippen molar-refractivity contribution in [1.82, 2.24) is 10.3 Å². The molecule has 2 fully saturated rings. The van der Waals surface area contributed by atoms with Gasteiger partial charge in [-0.15, -0.1) is 0 Å². The molecule has 0 radical (unpaired) electrons. The van der Waals surface area contributed by atoms with E-state index in [9.17, 15) is 0 Å². The van der Waals surface area contributed by atoms with Gasteiger partial charge in [-0.05, 0) is 56.2 Å². The molecule has 23 heavy (non-hydrogen) atoms. The largest absolute Gasteiger partial charge is 0.381 e. The lowest BCUT2D eigenvalue weighted by molar-refractivity contribution is 0.0558. The van der Waals surface area contributed by atoms with Gasteiger partial charge in [0.25, 0.3) is 0 Å². The van der Waals surface area contributed by atoms with E-state index in [1.54, 1.807) is 0 Å². The van der Waals surface area contributed by atoms with E-state index in [0.717, 1.165) is 44.6 Å². The van der Waals surface area contributed by atoms with Gasteiger partial charge >= 0.3 is 0 Å². The summed E-state index contributed by atoms with van der Waals surface area (Å²) in [6.45, 7) is 7.40. The quantitative estimate of drug-likeness (QED) is 0.903. The minimum atomic E-state index is 0.550. The summed E-state index contributed by atoms with van der Waals surface area (Å²) in [5.41, 5.74) is 1.35. The predicted molar refractivity (Wildman–Crippen MR) is 94.8 cm³/mol. The van der Waals surface area contributed by atoms with Crippen molar-refractivity contribution < 1.29 is 4.74 Å². The number of pyridine rings is 1. The van der Waals surface area contributed by atoms with E-state index in [0.29, 0.717) is 6.04 Å². The maximum Gasteiger partial charge on any atom is 0.128 e. The van der Waals surface area contributed by atoms with Crippen LogP contribution >= 0.6 is 0 Å². The molecule has 0 aliphatic carbocycles. The van der Waals surface area contributed by atoms with Gasteiger partial charge in [-0.3, -0.25) is 0 Å². The number of ether oxygens (including phenoxy) is 1. The van der Waals surface area contributed by atoms with Gasteiger partial charge < -0.3 is 15.0 Å². The summed E-state index contributed by atoms with van der Waals surface area (Å²) >= 11 is 0. The molecule has 4 nitrogen and oxygen atoms in total. The Kier molecular flexibility index (Phi) is 6.29. The molecule has 1 atom stereocenters. The lowest BCUT2D eigenvalue weighted by Crippen LogP contribution is -2.36. The smallest absolute Gasteiger partial charge is 0.128 e. The Bertz CT molecular complexity index is 465. The fourth-order valence-electron chi connectivity index (χ4n) is 3.70. The molecule has 0 amide bonds. The summed E-state index contributed by atoms with van der Waals surface area (Å²) < 4.78 is 5.46. The first-order valence-corrected chi connectivity index (χ1v) is 9.34. The van der Waals surface area contributed by atoms with Gasteiger partial charge in [0.15, 0.2) is 0 Å². The van der Waals surface area contributed by atoms with Crippen molar-refractivity contribution in [2.24, 2.45) is 5.92 Å². The van der Waals surface area contributed by atoms with Gasteiger partial charge in [-0.2, -0.15) is 0 Å². The van der Waals surface area contributed by atoms with E-state index in [2.05, 4.69) is 34.3 Å². The molecule has 0 saturated carbocycles. The van der Waals surface area contributed by atoms with Gasteiger partial charge in [0.1, 0.15) is 5.82 Å². The third-order valence-corrected chi connectivity index (χ3v) is 5.34. The second kappa shape index (κ2) is 8.65. The van der Waals surface area contributed by atoms with Gasteiger partial charge in [0.2, 0.25) is 0 Å². The van der Waals surface area contributed by atoms with Crippen LogP contribution in [-0.4, -0.2) is 37.3 Å². The van der Waals surface area contributed by atoms with Crippen molar-refractivity contribution in [2.75, 3.05) is 31.2 Å². The zero-order chi connectivity index (χ0) is 15.9. The van der Waals surface area contributed by atoms with Crippen LogP contribution in [-0.2, 0) is 11.3 Å². The molecular weight excluding hydrogens is 286 g/mol. The number of hydrogen-bond acceptors (Lipinski definition) is 4. The van der Waals surface area contributed by atoms with E-state index in [1.165, 1.54) is 44.1 Å². The number of aromatic nitrogens is 1. The lowest BCUT2D eigenvalue weighted by atomic mass is 9.93. The number of nitrogens with zero attached hydrogens (tertiary/aromatic N) is 2.